The van der Waals surface area contributed by atoms with Crippen LogP contribution in [0.4, 0.5) is 24.5 Å². The number of carbonyl (C=O) groups excluding carboxylic acids is 1. The van der Waals surface area contributed by atoms with Gasteiger partial charge in [-0.05, 0) is 54.6 Å². The summed E-state index contributed by atoms with van der Waals surface area (Å²) in [4.78, 5) is 11.5. The average molecular weight is 432 g/mol. The smallest absolute Gasteiger partial charge is 0.418 e. The third-order valence-electron chi connectivity index (χ3n) is 4.34. The number of methoxy groups -OCH3 is 2. The maximum absolute atomic E-state index is 13.5. The summed E-state index contributed by atoms with van der Waals surface area (Å²) in [7, 11) is 2.80. The first kappa shape index (κ1) is 21.8. The van der Waals surface area contributed by atoms with E-state index in [-0.39, 0.29) is 17.0 Å². The minimum Gasteiger partial charge on any atom is -0.497 e. The van der Waals surface area contributed by atoms with Crippen molar-refractivity contribution < 1.29 is 32.2 Å². The SMILES string of the molecule is COc1ccc(Oc2ccc(Nc3cc(OC)c(C(N)=O)cc3C(F)(F)F)cc2)cc1. The highest BCUT2D eigenvalue weighted by molar-refractivity contribution is 5.97. The second kappa shape index (κ2) is 8.86. The van der Waals surface area contributed by atoms with Crippen LogP contribution in [0.1, 0.15) is 15.9 Å². The van der Waals surface area contributed by atoms with Gasteiger partial charge in [0.25, 0.3) is 5.91 Å². The summed E-state index contributed by atoms with van der Waals surface area (Å²) < 4.78 is 56.4. The van der Waals surface area contributed by atoms with Gasteiger partial charge in [-0.3, -0.25) is 4.79 Å². The molecule has 162 valence electrons. The molecule has 0 saturated carbocycles. The lowest BCUT2D eigenvalue weighted by Crippen LogP contribution is -2.16. The fourth-order valence-corrected chi connectivity index (χ4v) is 2.82. The number of halogens is 3. The monoisotopic (exact) mass is 432 g/mol. The maximum Gasteiger partial charge on any atom is 0.418 e. The standard InChI is InChI=1S/C22H19F3N2O4/c1-29-14-7-9-16(10-8-14)31-15-5-3-13(4-6-15)27-19-12-20(30-2)17(21(26)28)11-18(19)22(23,24)25/h3-12,27H,1-2H3,(H2,26,28). The number of nitrogens with one attached hydrogen (secondary N) is 1. The topological polar surface area (TPSA) is 82.8 Å². The molecule has 0 unspecified atom stereocenters. The van der Waals surface area contributed by atoms with Gasteiger partial charge in [0.05, 0.1) is 31.0 Å². The number of nitrogens with two attached hydrogens (primary N) is 1. The molecule has 1 amide bonds. The molecule has 6 nitrogen and oxygen atoms in total. The van der Waals surface area contributed by atoms with Crippen LogP contribution in [0.2, 0.25) is 0 Å². The Kier molecular flexibility index (Phi) is 6.24. The van der Waals surface area contributed by atoms with Gasteiger partial charge in [-0.25, -0.2) is 0 Å². The third-order valence-corrected chi connectivity index (χ3v) is 4.34. The number of benzene rings is 3. The summed E-state index contributed by atoms with van der Waals surface area (Å²) in [5.74, 6) is 0.669. The summed E-state index contributed by atoms with van der Waals surface area (Å²) in [6, 6.07) is 15.0. The second-order valence-electron chi connectivity index (χ2n) is 6.39. The average Bonchev–Trinajstić information content (AvgIpc) is 2.74. The molecule has 0 aliphatic carbocycles. The van der Waals surface area contributed by atoms with Crippen molar-refractivity contribution in [2.45, 2.75) is 6.18 Å². The van der Waals surface area contributed by atoms with E-state index in [1.807, 2.05) is 0 Å². The molecule has 0 radical (unpaired) electrons. The van der Waals surface area contributed by atoms with Crippen molar-refractivity contribution >= 4 is 17.3 Å². The molecule has 0 aromatic heterocycles. The van der Waals surface area contributed by atoms with Crippen LogP contribution >= 0.6 is 0 Å². The van der Waals surface area contributed by atoms with Crippen LogP contribution in [-0.2, 0) is 6.18 Å². The highest BCUT2D eigenvalue weighted by Gasteiger charge is 2.35. The zero-order valence-corrected chi connectivity index (χ0v) is 16.6. The number of hydrogen-bond acceptors (Lipinski definition) is 5. The molecule has 0 fully saturated rings. The summed E-state index contributed by atoms with van der Waals surface area (Å²) in [6.45, 7) is 0. The highest BCUT2D eigenvalue weighted by Crippen LogP contribution is 2.40. The largest absolute Gasteiger partial charge is 0.497 e. The van der Waals surface area contributed by atoms with E-state index in [0.29, 0.717) is 29.0 Å². The van der Waals surface area contributed by atoms with E-state index in [4.69, 9.17) is 19.9 Å². The Labute approximate surface area is 176 Å². The predicted molar refractivity (Wildman–Crippen MR) is 109 cm³/mol. The van der Waals surface area contributed by atoms with Crippen molar-refractivity contribution in [1.29, 1.82) is 0 Å². The quantitative estimate of drug-likeness (QED) is 0.525. The number of carbonyl (C=O) groups is 1. The van der Waals surface area contributed by atoms with Crippen molar-refractivity contribution in [1.82, 2.24) is 0 Å². The molecule has 0 aliphatic rings. The van der Waals surface area contributed by atoms with Gasteiger partial charge in [0.2, 0.25) is 0 Å². The van der Waals surface area contributed by atoms with Gasteiger partial charge in [0.15, 0.2) is 0 Å². The van der Waals surface area contributed by atoms with Crippen LogP contribution < -0.4 is 25.3 Å². The highest BCUT2D eigenvalue weighted by atomic mass is 19.4. The normalized spacial score (nSPS) is 11.0. The van der Waals surface area contributed by atoms with Crippen molar-refractivity contribution in [3.63, 3.8) is 0 Å². The molecule has 9 heteroatoms. The van der Waals surface area contributed by atoms with Gasteiger partial charge in [-0.1, -0.05) is 0 Å². The summed E-state index contributed by atoms with van der Waals surface area (Å²) in [5.41, 5.74) is 3.87. The molecule has 3 aromatic carbocycles. The molecule has 0 heterocycles. The lowest BCUT2D eigenvalue weighted by molar-refractivity contribution is -0.136. The molecule has 31 heavy (non-hydrogen) atoms. The van der Waals surface area contributed by atoms with Crippen molar-refractivity contribution in [2.75, 3.05) is 19.5 Å². The van der Waals surface area contributed by atoms with Crippen LogP contribution in [-0.4, -0.2) is 20.1 Å². The van der Waals surface area contributed by atoms with Gasteiger partial charge in [0, 0.05) is 11.8 Å². The Morgan fingerprint density at radius 2 is 1.42 bits per heavy atom. The second-order valence-corrected chi connectivity index (χ2v) is 6.39. The maximum atomic E-state index is 13.5. The molecule has 3 N–H and O–H groups in total. The minimum absolute atomic E-state index is 0.0672. The first-order valence-corrected chi connectivity index (χ1v) is 8.99. The lowest BCUT2D eigenvalue weighted by atomic mass is 10.1. The van der Waals surface area contributed by atoms with Crippen LogP contribution in [0, 0.1) is 0 Å². The van der Waals surface area contributed by atoms with E-state index in [9.17, 15) is 18.0 Å². The molecule has 3 aromatic rings. The Hall–Kier alpha value is -3.88. The zero-order valence-electron chi connectivity index (χ0n) is 16.6. The van der Waals surface area contributed by atoms with E-state index in [1.54, 1.807) is 55.6 Å². The van der Waals surface area contributed by atoms with Gasteiger partial charge < -0.3 is 25.3 Å². The van der Waals surface area contributed by atoms with Crippen LogP contribution in [0.5, 0.6) is 23.0 Å². The van der Waals surface area contributed by atoms with E-state index in [1.165, 1.54) is 7.11 Å². The van der Waals surface area contributed by atoms with Crippen molar-refractivity contribution in [2.24, 2.45) is 5.73 Å². The fourth-order valence-electron chi connectivity index (χ4n) is 2.82. The number of ether oxygens (including phenoxy) is 3. The summed E-state index contributed by atoms with van der Waals surface area (Å²) in [6.07, 6.45) is -4.71. The van der Waals surface area contributed by atoms with Gasteiger partial charge in [-0.2, -0.15) is 13.2 Å². The third kappa shape index (κ3) is 5.19. The van der Waals surface area contributed by atoms with Crippen LogP contribution in [0.25, 0.3) is 0 Å². The molecular weight excluding hydrogens is 413 g/mol. The Bertz CT molecular complexity index is 1070. The number of amides is 1. The van der Waals surface area contributed by atoms with E-state index >= 15 is 0 Å². The van der Waals surface area contributed by atoms with E-state index in [0.717, 1.165) is 6.07 Å². The number of alkyl halides is 3. The molecule has 0 saturated heterocycles. The minimum atomic E-state index is -4.71. The Morgan fingerprint density at radius 1 is 0.871 bits per heavy atom. The number of hydrogen-bond donors (Lipinski definition) is 2. The Morgan fingerprint density at radius 3 is 1.90 bits per heavy atom. The molecule has 3 rings (SSSR count). The summed E-state index contributed by atoms with van der Waals surface area (Å²) in [5, 5.41) is 2.70. The number of primary amides is 1. The van der Waals surface area contributed by atoms with Crippen molar-refractivity contribution in [3.8, 4) is 23.0 Å². The lowest BCUT2D eigenvalue weighted by Gasteiger charge is -2.18. The number of anilines is 2. The molecule has 0 spiro atoms. The molecule has 0 atom stereocenters. The molecular formula is C22H19F3N2O4. The van der Waals surface area contributed by atoms with Gasteiger partial charge in [-0.15, -0.1) is 0 Å². The fraction of sp³-hybridized carbons (Fsp3) is 0.136. The van der Waals surface area contributed by atoms with Crippen molar-refractivity contribution in [3.05, 3.63) is 71.8 Å². The van der Waals surface area contributed by atoms with Gasteiger partial charge >= 0.3 is 6.18 Å². The van der Waals surface area contributed by atoms with E-state index in [2.05, 4.69) is 5.32 Å². The van der Waals surface area contributed by atoms with Gasteiger partial charge in [0.1, 0.15) is 23.0 Å². The molecule has 0 aliphatic heterocycles. The van der Waals surface area contributed by atoms with Crippen LogP contribution in [0.15, 0.2) is 60.7 Å². The predicted octanol–water partition coefficient (Wildman–Crippen LogP) is 5.36. The zero-order chi connectivity index (χ0) is 22.6. The van der Waals surface area contributed by atoms with E-state index < -0.39 is 17.6 Å². The molecule has 0 bridgehead atoms. The van der Waals surface area contributed by atoms with Crippen LogP contribution in [0.3, 0.4) is 0 Å². The first-order valence-electron chi connectivity index (χ1n) is 8.99. The summed E-state index contributed by atoms with van der Waals surface area (Å²) >= 11 is 0. The number of rotatable bonds is 7. The first-order chi connectivity index (χ1) is 14.7. The Balaban J connectivity index is 1.85.